The Hall–Kier alpha value is -0.180. The molecule has 1 rings (SSSR count). The summed E-state index contributed by atoms with van der Waals surface area (Å²) < 4.78 is 0. The summed E-state index contributed by atoms with van der Waals surface area (Å²) >= 11 is 11.5. The van der Waals surface area contributed by atoms with Crippen LogP contribution >= 0.6 is 23.2 Å². The van der Waals surface area contributed by atoms with Gasteiger partial charge in [-0.05, 0) is 12.2 Å². The van der Waals surface area contributed by atoms with Crippen LogP contribution in [-0.4, -0.2) is 5.38 Å². The van der Waals surface area contributed by atoms with E-state index in [4.69, 9.17) is 29.0 Å². The minimum atomic E-state index is -0.127. The Morgan fingerprint density at radius 3 is 2.80 bits per heavy atom. The van der Waals surface area contributed by atoms with Crippen LogP contribution in [0, 0.1) is 0 Å². The van der Waals surface area contributed by atoms with Gasteiger partial charge in [-0.25, -0.2) is 0 Å². The van der Waals surface area contributed by atoms with Gasteiger partial charge in [0.25, 0.3) is 0 Å². The molecule has 0 radical (unpaired) electrons. The van der Waals surface area contributed by atoms with Gasteiger partial charge in [0.05, 0.1) is 5.38 Å². The number of hydrogen-bond donors (Lipinski definition) is 2. The summed E-state index contributed by atoms with van der Waals surface area (Å²) in [6, 6.07) is 0. The molecule has 0 aromatic heterocycles. The van der Waals surface area contributed by atoms with Gasteiger partial charge in [-0.3, -0.25) is 5.84 Å². The van der Waals surface area contributed by atoms with E-state index in [1.165, 1.54) is 0 Å². The number of hydrogen-bond acceptors (Lipinski definition) is 2. The van der Waals surface area contributed by atoms with Gasteiger partial charge in [0.15, 0.2) is 0 Å². The molecule has 0 bridgehead atoms. The summed E-state index contributed by atoms with van der Waals surface area (Å²) in [6.07, 6.45) is 4.24. The third kappa shape index (κ3) is 1.66. The molecule has 0 spiro atoms. The van der Waals surface area contributed by atoms with Crippen LogP contribution in [0.4, 0.5) is 0 Å². The molecule has 2 nitrogen and oxygen atoms in total. The maximum absolute atomic E-state index is 5.80. The van der Waals surface area contributed by atoms with Crippen LogP contribution < -0.4 is 11.3 Å². The molecule has 1 unspecified atom stereocenters. The van der Waals surface area contributed by atoms with Gasteiger partial charge in [0.1, 0.15) is 0 Å². The van der Waals surface area contributed by atoms with Crippen LogP contribution in [-0.2, 0) is 0 Å². The lowest BCUT2D eigenvalue weighted by molar-refractivity contribution is 0.787. The molecule has 3 N–H and O–H groups in total. The van der Waals surface area contributed by atoms with Gasteiger partial charge in [-0.2, -0.15) is 0 Å². The first-order valence-electron chi connectivity index (χ1n) is 2.91. The lowest BCUT2D eigenvalue weighted by atomic mass is 10.1. The van der Waals surface area contributed by atoms with Gasteiger partial charge in [-0.15, -0.1) is 11.6 Å². The van der Waals surface area contributed by atoms with Crippen LogP contribution in [0.3, 0.4) is 0 Å². The predicted molar refractivity (Wildman–Crippen MR) is 43.6 cm³/mol. The molecule has 1 atom stereocenters. The number of nitrogens with one attached hydrogen (secondary N) is 1. The standard InChI is InChI=1S/C6H8Cl2N2/c7-5-2-1-4(10-9)3-6(5)8/h1-2,6,10H,3,9H2. The van der Waals surface area contributed by atoms with Crippen LogP contribution in [0.1, 0.15) is 6.42 Å². The summed E-state index contributed by atoms with van der Waals surface area (Å²) in [7, 11) is 0. The Labute approximate surface area is 69.6 Å². The minimum absolute atomic E-state index is 0.127. The van der Waals surface area contributed by atoms with E-state index >= 15 is 0 Å². The Morgan fingerprint density at radius 2 is 2.30 bits per heavy atom. The maximum Gasteiger partial charge on any atom is 0.0747 e. The van der Waals surface area contributed by atoms with E-state index in [0.717, 1.165) is 5.70 Å². The zero-order chi connectivity index (χ0) is 7.56. The normalized spacial score (nSPS) is 25.3. The van der Waals surface area contributed by atoms with Crippen molar-refractivity contribution in [2.75, 3.05) is 0 Å². The van der Waals surface area contributed by atoms with E-state index in [9.17, 15) is 0 Å². The van der Waals surface area contributed by atoms with Gasteiger partial charge in [-0.1, -0.05) is 11.6 Å². The van der Waals surface area contributed by atoms with Crippen molar-refractivity contribution < 1.29 is 0 Å². The Morgan fingerprint density at radius 1 is 1.60 bits per heavy atom. The molecule has 1 aliphatic rings. The Kier molecular flexibility index (Phi) is 2.60. The monoisotopic (exact) mass is 178 g/mol. The van der Waals surface area contributed by atoms with Crippen LogP contribution in [0.15, 0.2) is 22.9 Å². The second kappa shape index (κ2) is 3.28. The van der Waals surface area contributed by atoms with Crippen molar-refractivity contribution in [2.45, 2.75) is 11.8 Å². The lowest BCUT2D eigenvalue weighted by Crippen LogP contribution is -2.24. The molecule has 0 saturated carbocycles. The smallest absolute Gasteiger partial charge is 0.0747 e. The topological polar surface area (TPSA) is 38.0 Å². The quantitative estimate of drug-likeness (QED) is 0.363. The first-order chi connectivity index (χ1) is 4.74. The largest absolute Gasteiger partial charge is 0.328 e. The fraction of sp³-hybridized carbons (Fsp3) is 0.333. The van der Waals surface area contributed by atoms with E-state index in [0.29, 0.717) is 11.5 Å². The molecule has 1 aliphatic carbocycles. The van der Waals surface area contributed by atoms with E-state index in [1.54, 1.807) is 6.08 Å². The number of hydrazine groups is 1. The number of nitrogens with two attached hydrogens (primary N) is 1. The van der Waals surface area contributed by atoms with E-state index < -0.39 is 0 Å². The van der Waals surface area contributed by atoms with Crippen molar-refractivity contribution in [3.63, 3.8) is 0 Å². The molecule has 4 heteroatoms. The van der Waals surface area contributed by atoms with Crippen molar-refractivity contribution in [2.24, 2.45) is 5.84 Å². The molecule has 56 valence electrons. The van der Waals surface area contributed by atoms with E-state index in [1.807, 2.05) is 6.08 Å². The summed E-state index contributed by atoms with van der Waals surface area (Å²) in [5, 5.41) is 0.540. The molecule has 10 heavy (non-hydrogen) atoms. The second-order valence-electron chi connectivity index (χ2n) is 2.06. The molecule has 0 fully saturated rings. The highest BCUT2D eigenvalue weighted by atomic mass is 35.5. The van der Waals surface area contributed by atoms with Crippen molar-refractivity contribution in [3.05, 3.63) is 22.9 Å². The molecule has 0 heterocycles. The first-order valence-corrected chi connectivity index (χ1v) is 3.72. The van der Waals surface area contributed by atoms with Gasteiger partial charge in [0.2, 0.25) is 0 Å². The Bertz CT molecular complexity index is 186. The van der Waals surface area contributed by atoms with E-state index in [-0.39, 0.29) is 5.38 Å². The van der Waals surface area contributed by atoms with Crippen molar-refractivity contribution in [3.8, 4) is 0 Å². The zero-order valence-electron chi connectivity index (χ0n) is 5.27. The fourth-order valence-electron chi connectivity index (χ4n) is 0.750. The maximum atomic E-state index is 5.80. The van der Waals surface area contributed by atoms with Crippen molar-refractivity contribution >= 4 is 23.2 Å². The molecular formula is C6H8Cl2N2. The van der Waals surface area contributed by atoms with Crippen molar-refractivity contribution in [1.29, 1.82) is 0 Å². The average molecular weight is 179 g/mol. The molecule has 0 aromatic carbocycles. The molecule has 0 saturated heterocycles. The Balaban J connectivity index is 2.68. The number of halogens is 2. The third-order valence-corrected chi connectivity index (χ3v) is 2.22. The van der Waals surface area contributed by atoms with Crippen LogP contribution in [0.25, 0.3) is 0 Å². The minimum Gasteiger partial charge on any atom is -0.328 e. The van der Waals surface area contributed by atoms with Crippen molar-refractivity contribution in [1.82, 2.24) is 5.43 Å². The zero-order valence-corrected chi connectivity index (χ0v) is 6.78. The third-order valence-electron chi connectivity index (χ3n) is 1.33. The first kappa shape index (κ1) is 7.92. The lowest BCUT2D eigenvalue weighted by Gasteiger charge is -2.14. The second-order valence-corrected chi connectivity index (χ2v) is 3.02. The number of rotatable bonds is 1. The highest BCUT2D eigenvalue weighted by Crippen LogP contribution is 2.24. The summed E-state index contributed by atoms with van der Waals surface area (Å²) in [5.74, 6) is 5.16. The summed E-state index contributed by atoms with van der Waals surface area (Å²) in [5.41, 5.74) is 3.44. The SMILES string of the molecule is NNC1=CC=C(Cl)C(Cl)C1. The highest BCUT2D eigenvalue weighted by Gasteiger charge is 2.13. The van der Waals surface area contributed by atoms with Crippen LogP contribution in [0.5, 0.6) is 0 Å². The molecule has 0 aromatic rings. The average Bonchev–Trinajstić information content (AvgIpc) is 1.95. The molecule has 0 aliphatic heterocycles. The van der Waals surface area contributed by atoms with Crippen LogP contribution in [0.2, 0.25) is 0 Å². The van der Waals surface area contributed by atoms with Gasteiger partial charge in [0, 0.05) is 17.2 Å². The molecule has 0 amide bonds. The summed E-state index contributed by atoms with van der Waals surface area (Å²) in [4.78, 5) is 0. The summed E-state index contributed by atoms with van der Waals surface area (Å²) in [6.45, 7) is 0. The van der Waals surface area contributed by atoms with Gasteiger partial charge >= 0.3 is 0 Å². The number of allylic oxidation sites excluding steroid dienone is 4. The number of alkyl halides is 1. The van der Waals surface area contributed by atoms with E-state index in [2.05, 4.69) is 5.43 Å². The predicted octanol–water partition coefficient (Wildman–Crippen LogP) is 1.47. The fourth-order valence-corrected chi connectivity index (χ4v) is 1.13. The molecular weight excluding hydrogens is 171 g/mol. The van der Waals surface area contributed by atoms with Gasteiger partial charge < -0.3 is 5.43 Å². The highest BCUT2D eigenvalue weighted by molar-refractivity contribution is 6.37.